The van der Waals surface area contributed by atoms with Crippen molar-refractivity contribution in [2.24, 2.45) is 0 Å². The van der Waals surface area contributed by atoms with E-state index in [0.29, 0.717) is 5.69 Å². The summed E-state index contributed by atoms with van der Waals surface area (Å²) in [6.45, 7) is 8.48. The largest absolute Gasteiger partial charge is 0.471 e. The highest BCUT2D eigenvalue weighted by atomic mass is 28.4. The quantitative estimate of drug-likeness (QED) is 0.813. The second kappa shape index (κ2) is 6.27. The third-order valence-corrected chi connectivity index (χ3v) is 8.12. The van der Waals surface area contributed by atoms with Crippen LogP contribution >= 0.6 is 0 Å². The fourth-order valence-electron chi connectivity index (χ4n) is 1.20. The first-order valence-corrected chi connectivity index (χ1v) is 9.70. The molecule has 1 aromatic heterocycles. The summed E-state index contributed by atoms with van der Waals surface area (Å²) < 4.78 is 38.2. The number of hydrogen-bond donors (Lipinski definition) is 1. The molecule has 7 heteroatoms. The minimum Gasteiger partial charge on any atom is -0.471 e. The van der Waals surface area contributed by atoms with Crippen LogP contribution in [0.2, 0.25) is 18.1 Å². The summed E-state index contributed by atoms with van der Waals surface area (Å²) in [5.41, 5.74) is 5.92. The van der Waals surface area contributed by atoms with E-state index < -0.39 is 27.5 Å². The maximum Gasteiger partial charge on any atom is 0.302 e. The SMILES string of the molecule is CC(C)(C)[Si](C)(C)OCC(F)(F)COc1ccc(N)cn1. The van der Waals surface area contributed by atoms with E-state index in [-0.39, 0.29) is 10.9 Å². The molecule has 0 radical (unpaired) electrons. The van der Waals surface area contributed by atoms with Crippen LogP contribution in [0, 0.1) is 0 Å². The van der Waals surface area contributed by atoms with Crippen molar-refractivity contribution in [1.29, 1.82) is 0 Å². The first-order valence-electron chi connectivity index (χ1n) is 6.79. The number of nitrogens with two attached hydrogens (primary N) is 1. The van der Waals surface area contributed by atoms with Crippen LogP contribution in [0.1, 0.15) is 20.8 Å². The lowest BCUT2D eigenvalue weighted by Gasteiger charge is -2.37. The molecule has 0 spiro atoms. The maximum atomic E-state index is 13.8. The van der Waals surface area contributed by atoms with Crippen LogP contribution < -0.4 is 10.5 Å². The van der Waals surface area contributed by atoms with Gasteiger partial charge in [0.05, 0.1) is 11.9 Å². The molecule has 0 aliphatic carbocycles. The number of rotatable bonds is 6. The van der Waals surface area contributed by atoms with E-state index in [2.05, 4.69) is 4.98 Å². The molecule has 1 heterocycles. The van der Waals surface area contributed by atoms with E-state index in [1.807, 2.05) is 33.9 Å². The Morgan fingerprint density at radius 1 is 1.19 bits per heavy atom. The van der Waals surface area contributed by atoms with Gasteiger partial charge in [0.1, 0.15) is 6.61 Å². The third kappa shape index (κ3) is 5.59. The zero-order valence-electron chi connectivity index (χ0n) is 13.2. The molecule has 0 bridgehead atoms. The van der Waals surface area contributed by atoms with Crippen molar-refractivity contribution < 1.29 is 17.9 Å². The molecule has 1 rings (SSSR count). The van der Waals surface area contributed by atoms with Gasteiger partial charge in [-0.3, -0.25) is 0 Å². The zero-order chi connectivity index (χ0) is 16.3. The Labute approximate surface area is 125 Å². The Balaban J connectivity index is 2.52. The van der Waals surface area contributed by atoms with Crippen LogP contribution in [0.4, 0.5) is 14.5 Å². The summed E-state index contributed by atoms with van der Waals surface area (Å²) in [6, 6.07) is 3.01. The van der Waals surface area contributed by atoms with E-state index in [0.717, 1.165) is 0 Å². The van der Waals surface area contributed by atoms with Gasteiger partial charge in [0.15, 0.2) is 14.9 Å². The molecular formula is C14H24F2N2O2Si. The lowest BCUT2D eigenvalue weighted by Crippen LogP contribution is -2.45. The Morgan fingerprint density at radius 3 is 2.29 bits per heavy atom. The number of halogens is 2. The molecule has 120 valence electrons. The van der Waals surface area contributed by atoms with Crippen molar-refractivity contribution in [1.82, 2.24) is 4.98 Å². The van der Waals surface area contributed by atoms with Gasteiger partial charge in [0, 0.05) is 6.07 Å². The molecule has 4 nitrogen and oxygen atoms in total. The second-order valence-electron chi connectivity index (χ2n) is 6.62. The fourth-order valence-corrected chi connectivity index (χ4v) is 2.21. The third-order valence-electron chi connectivity index (χ3n) is 3.64. The maximum absolute atomic E-state index is 13.8. The summed E-state index contributed by atoms with van der Waals surface area (Å²) in [5, 5.41) is -0.109. The molecule has 0 saturated heterocycles. The number of nitrogens with zero attached hydrogens (tertiary/aromatic N) is 1. The number of aromatic nitrogens is 1. The molecule has 0 aliphatic rings. The molecule has 21 heavy (non-hydrogen) atoms. The molecule has 0 aromatic carbocycles. The number of pyridine rings is 1. The van der Waals surface area contributed by atoms with Crippen molar-refractivity contribution in [3.05, 3.63) is 18.3 Å². The second-order valence-corrected chi connectivity index (χ2v) is 11.4. The lowest BCUT2D eigenvalue weighted by molar-refractivity contribution is -0.0769. The molecule has 0 unspecified atom stereocenters. The summed E-state index contributed by atoms with van der Waals surface area (Å²) in [6.07, 6.45) is 1.36. The monoisotopic (exact) mass is 318 g/mol. The van der Waals surface area contributed by atoms with Crippen molar-refractivity contribution in [3.63, 3.8) is 0 Å². The van der Waals surface area contributed by atoms with Crippen LogP contribution in [0.5, 0.6) is 5.88 Å². The smallest absolute Gasteiger partial charge is 0.302 e. The van der Waals surface area contributed by atoms with Crippen LogP contribution in [0.15, 0.2) is 18.3 Å². The minimum atomic E-state index is -3.06. The lowest BCUT2D eigenvalue weighted by atomic mass is 10.2. The summed E-state index contributed by atoms with van der Waals surface area (Å²) in [7, 11) is -2.20. The van der Waals surface area contributed by atoms with Crippen molar-refractivity contribution in [2.75, 3.05) is 18.9 Å². The Morgan fingerprint density at radius 2 is 1.81 bits per heavy atom. The zero-order valence-corrected chi connectivity index (χ0v) is 14.2. The van der Waals surface area contributed by atoms with Crippen LogP contribution in [0.3, 0.4) is 0 Å². The number of hydrogen-bond acceptors (Lipinski definition) is 4. The van der Waals surface area contributed by atoms with E-state index in [4.69, 9.17) is 14.9 Å². The molecule has 0 saturated carbocycles. The van der Waals surface area contributed by atoms with Crippen molar-refractivity contribution in [3.8, 4) is 5.88 Å². The molecule has 2 N–H and O–H groups in total. The van der Waals surface area contributed by atoms with Gasteiger partial charge in [-0.1, -0.05) is 20.8 Å². The number of anilines is 1. The van der Waals surface area contributed by atoms with Gasteiger partial charge >= 0.3 is 5.92 Å². The van der Waals surface area contributed by atoms with E-state index >= 15 is 0 Å². The van der Waals surface area contributed by atoms with E-state index in [9.17, 15) is 8.78 Å². The first-order chi connectivity index (χ1) is 9.43. The Bertz CT molecular complexity index is 459. The predicted molar refractivity (Wildman–Crippen MR) is 82.2 cm³/mol. The standard InChI is InChI=1S/C14H24F2N2O2Si/c1-13(2,3)21(4,5)20-10-14(15,16)9-19-12-7-6-11(17)8-18-12/h6-8H,9-10,17H2,1-5H3. The van der Waals surface area contributed by atoms with Crippen LogP contribution in [0.25, 0.3) is 0 Å². The van der Waals surface area contributed by atoms with Crippen molar-refractivity contribution >= 4 is 14.0 Å². The summed E-state index contributed by atoms with van der Waals surface area (Å²) in [4.78, 5) is 3.82. The van der Waals surface area contributed by atoms with Gasteiger partial charge in [0.2, 0.25) is 5.88 Å². The molecular weight excluding hydrogens is 294 g/mol. The van der Waals surface area contributed by atoms with Crippen LogP contribution in [-0.2, 0) is 4.43 Å². The molecule has 0 fully saturated rings. The van der Waals surface area contributed by atoms with Gasteiger partial charge in [-0.25, -0.2) is 13.8 Å². The normalized spacial score (nSPS) is 13.3. The van der Waals surface area contributed by atoms with Gasteiger partial charge in [-0.05, 0) is 24.2 Å². The highest BCUT2D eigenvalue weighted by molar-refractivity contribution is 6.74. The van der Waals surface area contributed by atoms with Gasteiger partial charge in [0.25, 0.3) is 0 Å². The Kier molecular flexibility index (Phi) is 5.33. The van der Waals surface area contributed by atoms with Gasteiger partial charge in [-0.15, -0.1) is 0 Å². The Hall–Kier alpha value is -1.21. The number of alkyl halides is 2. The number of ether oxygens (including phenoxy) is 1. The first kappa shape index (κ1) is 17.8. The van der Waals surface area contributed by atoms with Gasteiger partial charge in [-0.2, -0.15) is 0 Å². The molecule has 0 atom stereocenters. The molecule has 1 aromatic rings. The number of nitrogen functional groups attached to an aromatic ring is 1. The average molecular weight is 318 g/mol. The molecule has 0 amide bonds. The van der Waals surface area contributed by atoms with E-state index in [1.54, 1.807) is 6.07 Å². The van der Waals surface area contributed by atoms with Crippen LogP contribution in [-0.4, -0.2) is 32.4 Å². The summed E-state index contributed by atoms with van der Waals surface area (Å²) in [5.74, 6) is -2.94. The highest BCUT2D eigenvalue weighted by Crippen LogP contribution is 2.37. The minimum absolute atomic E-state index is 0.109. The van der Waals surface area contributed by atoms with Crippen molar-refractivity contribution in [2.45, 2.75) is 44.8 Å². The topological polar surface area (TPSA) is 57.4 Å². The average Bonchev–Trinajstić information content (AvgIpc) is 2.35. The van der Waals surface area contributed by atoms with Gasteiger partial charge < -0.3 is 14.9 Å². The predicted octanol–water partition coefficient (Wildman–Crippen LogP) is 3.70. The fraction of sp³-hybridized carbons (Fsp3) is 0.643. The van der Waals surface area contributed by atoms with E-state index in [1.165, 1.54) is 12.3 Å². The highest BCUT2D eigenvalue weighted by Gasteiger charge is 2.41. The molecule has 0 aliphatic heterocycles. The summed E-state index contributed by atoms with van der Waals surface area (Å²) >= 11 is 0.